The van der Waals surface area contributed by atoms with Crippen LogP contribution in [0, 0.1) is 0 Å². The van der Waals surface area contributed by atoms with Crippen LogP contribution in [-0.4, -0.2) is 27.5 Å². The highest BCUT2D eigenvalue weighted by atomic mass is 15.2. The number of rotatable bonds is 6. The van der Waals surface area contributed by atoms with Crippen LogP contribution in [0.25, 0.3) is 11.3 Å². The van der Waals surface area contributed by atoms with Crippen molar-refractivity contribution in [3.8, 4) is 11.3 Å². The van der Waals surface area contributed by atoms with Crippen LogP contribution >= 0.6 is 0 Å². The molecule has 0 spiro atoms. The molecule has 0 radical (unpaired) electrons. The summed E-state index contributed by atoms with van der Waals surface area (Å²) >= 11 is 0. The highest BCUT2D eigenvalue weighted by Crippen LogP contribution is 2.21. The second-order valence-electron chi connectivity index (χ2n) is 4.69. The van der Waals surface area contributed by atoms with Crippen molar-refractivity contribution in [1.82, 2.24) is 15.0 Å². The maximum atomic E-state index is 4.57. The molecule has 0 aliphatic heterocycles. The monoisotopic (exact) mass is 271 g/mol. The first-order valence-electron chi connectivity index (χ1n) is 7.02. The smallest absolute Gasteiger partial charge is 0.225 e. The minimum Gasteiger partial charge on any atom is -0.370 e. The molecular weight excluding hydrogens is 250 g/mol. The van der Waals surface area contributed by atoms with Gasteiger partial charge in [-0.3, -0.25) is 4.98 Å². The van der Waals surface area contributed by atoms with Crippen molar-refractivity contribution in [3.05, 3.63) is 30.6 Å². The molecule has 0 aromatic carbocycles. The molecule has 5 nitrogen and oxygen atoms in total. The van der Waals surface area contributed by atoms with E-state index in [1.165, 1.54) is 0 Å². The number of anilines is 2. The van der Waals surface area contributed by atoms with E-state index in [1.807, 2.05) is 31.3 Å². The normalized spacial score (nSPS) is 11.9. The van der Waals surface area contributed by atoms with E-state index in [0.29, 0.717) is 12.0 Å². The van der Waals surface area contributed by atoms with Crippen LogP contribution in [0.5, 0.6) is 0 Å². The maximum Gasteiger partial charge on any atom is 0.225 e. The third-order valence-electron chi connectivity index (χ3n) is 3.03. The molecule has 0 aliphatic rings. The quantitative estimate of drug-likeness (QED) is 0.845. The van der Waals surface area contributed by atoms with E-state index in [-0.39, 0.29) is 0 Å². The standard InChI is InChI=1S/C15H21N5/c1-4-11(3)18-15-19-13(9-14(20-15)17-5-2)12-7-6-8-16-10-12/h6-11H,4-5H2,1-3H3,(H2,17,18,19,20)/t11-/m0/s1. The summed E-state index contributed by atoms with van der Waals surface area (Å²) in [5.41, 5.74) is 1.86. The molecule has 2 rings (SSSR count). The molecular formula is C15H21N5. The second-order valence-corrected chi connectivity index (χ2v) is 4.69. The summed E-state index contributed by atoms with van der Waals surface area (Å²) in [6, 6.07) is 6.20. The van der Waals surface area contributed by atoms with Gasteiger partial charge in [-0.1, -0.05) is 6.92 Å². The summed E-state index contributed by atoms with van der Waals surface area (Å²) in [5.74, 6) is 1.48. The van der Waals surface area contributed by atoms with E-state index >= 15 is 0 Å². The summed E-state index contributed by atoms with van der Waals surface area (Å²) in [6.45, 7) is 7.13. The SMILES string of the molecule is CCNc1cc(-c2cccnc2)nc(N[C@@H](C)CC)n1. The number of hydrogen-bond acceptors (Lipinski definition) is 5. The van der Waals surface area contributed by atoms with Crippen molar-refractivity contribution in [3.63, 3.8) is 0 Å². The third kappa shape index (κ3) is 3.66. The largest absolute Gasteiger partial charge is 0.370 e. The third-order valence-corrected chi connectivity index (χ3v) is 3.03. The van der Waals surface area contributed by atoms with Gasteiger partial charge < -0.3 is 10.6 Å². The van der Waals surface area contributed by atoms with Crippen molar-refractivity contribution in [2.24, 2.45) is 0 Å². The Bertz CT molecular complexity index is 541. The Balaban J connectivity index is 2.35. The van der Waals surface area contributed by atoms with E-state index in [0.717, 1.165) is 30.0 Å². The molecule has 2 N–H and O–H groups in total. The lowest BCUT2D eigenvalue weighted by atomic mass is 10.2. The van der Waals surface area contributed by atoms with Gasteiger partial charge in [-0.05, 0) is 32.4 Å². The predicted molar refractivity (Wildman–Crippen MR) is 82.8 cm³/mol. The zero-order chi connectivity index (χ0) is 14.4. The molecule has 0 saturated carbocycles. The maximum absolute atomic E-state index is 4.57. The van der Waals surface area contributed by atoms with Gasteiger partial charge in [0.2, 0.25) is 5.95 Å². The van der Waals surface area contributed by atoms with E-state index < -0.39 is 0 Å². The van der Waals surface area contributed by atoms with E-state index in [1.54, 1.807) is 6.20 Å². The summed E-state index contributed by atoms with van der Waals surface area (Å²) < 4.78 is 0. The molecule has 5 heteroatoms. The molecule has 1 atom stereocenters. The van der Waals surface area contributed by atoms with Crippen LogP contribution in [0.4, 0.5) is 11.8 Å². The number of hydrogen-bond donors (Lipinski definition) is 2. The number of nitrogens with zero attached hydrogens (tertiary/aromatic N) is 3. The van der Waals surface area contributed by atoms with Crippen molar-refractivity contribution in [1.29, 1.82) is 0 Å². The lowest BCUT2D eigenvalue weighted by Crippen LogP contribution is -2.16. The van der Waals surface area contributed by atoms with Gasteiger partial charge in [0, 0.05) is 36.6 Å². The highest BCUT2D eigenvalue weighted by molar-refractivity contribution is 5.63. The van der Waals surface area contributed by atoms with Crippen molar-refractivity contribution in [2.75, 3.05) is 17.2 Å². The Labute approximate surface area is 119 Å². The van der Waals surface area contributed by atoms with E-state index in [9.17, 15) is 0 Å². The van der Waals surface area contributed by atoms with Gasteiger partial charge in [0.15, 0.2) is 0 Å². The fourth-order valence-electron chi connectivity index (χ4n) is 1.77. The van der Waals surface area contributed by atoms with Crippen LogP contribution in [0.1, 0.15) is 27.2 Å². The molecule has 0 aliphatic carbocycles. The van der Waals surface area contributed by atoms with Crippen LogP contribution in [0.15, 0.2) is 30.6 Å². The molecule has 0 saturated heterocycles. The van der Waals surface area contributed by atoms with E-state index in [4.69, 9.17) is 0 Å². The van der Waals surface area contributed by atoms with Crippen molar-refractivity contribution < 1.29 is 0 Å². The molecule has 0 unspecified atom stereocenters. The lowest BCUT2D eigenvalue weighted by Gasteiger charge is -2.14. The zero-order valence-electron chi connectivity index (χ0n) is 12.2. The highest BCUT2D eigenvalue weighted by Gasteiger charge is 2.08. The summed E-state index contributed by atoms with van der Waals surface area (Å²) in [7, 11) is 0. The molecule has 0 fully saturated rings. The predicted octanol–water partition coefficient (Wildman–Crippen LogP) is 3.18. The molecule has 0 amide bonds. The van der Waals surface area contributed by atoms with Gasteiger partial charge >= 0.3 is 0 Å². The minimum atomic E-state index is 0.341. The Hall–Kier alpha value is -2.17. The van der Waals surface area contributed by atoms with Gasteiger partial charge in [0.25, 0.3) is 0 Å². The topological polar surface area (TPSA) is 62.7 Å². The fraction of sp³-hybridized carbons (Fsp3) is 0.400. The Morgan fingerprint density at radius 1 is 1.25 bits per heavy atom. The second kappa shape index (κ2) is 6.84. The van der Waals surface area contributed by atoms with Crippen molar-refractivity contribution >= 4 is 11.8 Å². The van der Waals surface area contributed by atoms with Gasteiger partial charge in [-0.2, -0.15) is 4.98 Å². The molecule has 2 aromatic heterocycles. The Kier molecular flexibility index (Phi) is 4.87. The average molecular weight is 271 g/mol. The Morgan fingerprint density at radius 2 is 2.10 bits per heavy atom. The number of aromatic nitrogens is 3. The van der Waals surface area contributed by atoms with Crippen LogP contribution in [0.2, 0.25) is 0 Å². The number of pyridine rings is 1. The zero-order valence-corrected chi connectivity index (χ0v) is 12.2. The first-order valence-corrected chi connectivity index (χ1v) is 7.02. The van der Waals surface area contributed by atoms with Crippen LogP contribution in [-0.2, 0) is 0 Å². The molecule has 0 bridgehead atoms. The summed E-state index contributed by atoms with van der Waals surface area (Å²) in [6.07, 6.45) is 4.59. The summed E-state index contributed by atoms with van der Waals surface area (Å²) in [5, 5.41) is 6.56. The van der Waals surface area contributed by atoms with Crippen molar-refractivity contribution in [2.45, 2.75) is 33.2 Å². The van der Waals surface area contributed by atoms with E-state index in [2.05, 4.69) is 39.4 Å². The summed E-state index contributed by atoms with van der Waals surface area (Å²) in [4.78, 5) is 13.2. The number of nitrogens with one attached hydrogen (secondary N) is 2. The van der Waals surface area contributed by atoms with Gasteiger partial charge in [0.1, 0.15) is 5.82 Å². The van der Waals surface area contributed by atoms with Gasteiger partial charge in [0.05, 0.1) is 5.69 Å². The van der Waals surface area contributed by atoms with Crippen LogP contribution < -0.4 is 10.6 Å². The first-order chi connectivity index (χ1) is 9.72. The molecule has 106 valence electrons. The lowest BCUT2D eigenvalue weighted by molar-refractivity contribution is 0.753. The molecule has 2 heterocycles. The molecule has 20 heavy (non-hydrogen) atoms. The average Bonchev–Trinajstić information content (AvgIpc) is 2.48. The first kappa shape index (κ1) is 14.2. The molecule has 2 aromatic rings. The van der Waals surface area contributed by atoms with Gasteiger partial charge in [-0.25, -0.2) is 4.98 Å². The Morgan fingerprint density at radius 3 is 2.75 bits per heavy atom. The van der Waals surface area contributed by atoms with Crippen LogP contribution in [0.3, 0.4) is 0 Å². The minimum absolute atomic E-state index is 0.341. The van der Waals surface area contributed by atoms with Gasteiger partial charge in [-0.15, -0.1) is 0 Å². The fourth-order valence-corrected chi connectivity index (χ4v) is 1.77.